The van der Waals surface area contributed by atoms with E-state index < -0.39 is 17.8 Å². The van der Waals surface area contributed by atoms with Crippen LogP contribution in [0.25, 0.3) is 0 Å². The summed E-state index contributed by atoms with van der Waals surface area (Å²) in [7, 11) is 0. The molecule has 1 heterocycles. The maximum absolute atomic E-state index is 11.7. The summed E-state index contributed by atoms with van der Waals surface area (Å²) in [4.78, 5) is 34.8. The SMILES string of the molecule is O=C1CNC(=O)N1C(=O)Cc1ccccc1. The van der Waals surface area contributed by atoms with E-state index in [1.54, 1.807) is 24.3 Å². The van der Waals surface area contributed by atoms with Gasteiger partial charge >= 0.3 is 6.03 Å². The van der Waals surface area contributed by atoms with Crippen molar-refractivity contribution in [2.75, 3.05) is 6.54 Å². The van der Waals surface area contributed by atoms with Crippen LogP contribution in [0.1, 0.15) is 5.56 Å². The molecule has 0 atom stereocenters. The first-order chi connectivity index (χ1) is 7.68. The largest absolute Gasteiger partial charge is 0.331 e. The molecule has 5 heteroatoms. The standard InChI is InChI=1S/C11H10N2O3/c14-9(6-8-4-2-1-3-5-8)13-10(15)7-12-11(13)16/h1-5H,6-7H2,(H,12,16). The Kier molecular flexibility index (Phi) is 2.68. The highest BCUT2D eigenvalue weighted by Crippen LogP contribution is 2.06. The predicted octanol–water partition coefficient (Wildman–Crippen LogP) is 0.307. The fraction of sp³-hybridized carbons (Fsp3) is 0.182. The average Bonchev–Trinajstić information content (AvgIpc) is 2.60. The van der Waals surface area contributed by atoms with E-state index in [-0.39, 0.29) is 13.0 Å². The first-order valence-corrected chi connectivity index (χ1v) is 4.86. The van der Waals surface area contributed by atoms with E-state index in [4.69, 9.17) is 0 Å². The van der Waals surface area contributed by atoms with Crippen molar-refractivity contribution in [3.63, 3.8) is 0 Å². The number of nitrogens with zero attached hydrogens (tertiary/aromatic N) is 1. The van der Waals surface area contributed by atoms with E-state index in [2.05, 4.69) is 5.32 Å². The van der Waals surface area contributed by atoms with Crippen LogP contribution >= 0.6 is 0 Å². The summed E-state index contributed by atoms with van der Waals surface area (Å²) in [6, 6.07) is 8.35. The van der Waals surface area contributed by atoms with Gasteiger partial charge < -0.3 is 5.32 Å². The highest BCUT2D eigenvalue weighted by atomic mass is 16.2. The second-order valence-electron chi connectivity index (χ2n) is 3.44. The summed E-state index contributed by atoms with van der Waals surface area (Å²) in [6.45, 7) is -0.0979. The molecule has 82 valence electrons. The zero-order valence-corrected chi connectivity index (χ0v) is 8.47. The number of carbonyl (C=O) groups excluding carboxylic acids is 3. The smallest absolute Gasteiger partial charge is 0.328 e. The summed E-state index contributed by atoms with van der Waals surface area (Å²) in [5, 5.41) is 2.30. The highest BCUT2D eigenvalue weighted by Gasteiger charge is 2.33. The molecule has 0 saturated carbocycles. The lowest BCUT2D eigenvalue weighted by Gasteiger charge is -2.09. The molecule has 1 aliphatic heterocycles. The molecule has 1 fully saturated rings. The molecule has 0 bridgehead atoms. The van der Waals surface area contributed by atoms with Gasteiger partial charge in [-0.2, -0.15) is 4.90 Å². The Morgan fingerprint density at radius 3 is 2.50 bits per heavy atom. The molecular formula is C11H10N2O3. The van der Waals surface area contributed by atoms with E-state index in [0.717, 1.165) is 5.56 Å². The minimum absolute atomic E-state index is 0.0556. The van der Waals surface area contributed by atoms with Gasteiger partial charge in [0.2, 0.25) is 5.91 Å². The summed E-state index contributed by atoms with van der Waals surface area (Å²) in [5.74, 6) is -0.989. The third kappa shape index (κ3) is 1.93. The minimum Gasteiger partial charge on any atom is -0.328 e. The van der Waals surface area contributed by atoms with Crippen molar-refractivity contribution in [1.82, 2.24) is 10.2 Å². The molecule has 1 aromatic carbocycles. The van der Waals surface area contributed by atoms with Gasteiger partial charge in [-0.25, -0.2) is 4.79 Å². The predicted molar refractivity (Wildman–Crippen MR) is 55.4 cm³/mol. The second-order valence-corrected chi connectivity index (χ2v) is 3.44. The molecule has 4 amide bonds. The van der Waals surface area contributed by atoms with E-state index in [9.17, 15) is 14.4 Å². The summed E-state index contributed by atoms with van der Waals surface area (Å²) >= 11 is 0. The molecule has 16 heavy (non-hydrogen) atoms. The lowest BCUT2D eigenvalue weighted by molar-refractivity contribution is -0.137. The second kappa shape index (κ2) is 4.14. The third-order valence-corrected chi connectivity index (χ3v) is 2.29. The number of hydrogen-bond donors (Lipinski definition) is 1. The van der Waals surface area contributed by atoms with Crippen LogP contribution in [0.5, 0.6) is 0 Å². The molecule has 2 rings (SSSR count). The number of rotatable bonds is 2. The van der Waals surface area contributed by atoms with E-state index in [0.29, 0.717) is 4.90 Å². The number of urea groups is 1. The number of hydrogen-bond acceptors (Lipinski definition) is 3. The molecule has 1 aliphatic rings. The van der Waals surface area contributed by atoms with Gasteiger partial charge in [-0.05, 0) is 5.56 Å². The minimum atomic E-state index is -0.633. The number of nitrogens with one attached hydrogen (secondary N) is 1. The fourth-order valence-corrected chi connectivity index (χ4v) is 1.52. The number of carbonyl (C=O) groups is 3. The monoisotopic (exact) mass is 218 g/mol. The Bertz CT molecular complexity index is 426. The molecule has 1 aromatic rings. The van der Waals surface area contributed by atoms with Crippen LogP contribution in [-0.2, 0) is 16.0 Å². The summed E-state index contributed by atoms with van der Waals surface area (Å²) < 4.78 is 0. The van der Waals surface area contributed by atoms with Crippen LogP contribution in [0, 0.1) is 0 Å². The van der Waals surface area contributed by atoms with Gasteiger partial charge in [0.05, 0.1) is 13.0 Å². The van der Waals surface area contributed by atoms with Crippen LogP contribution in [0.4, 0.5) is 4.79 Å². The average molecular weight is 218 g/mol. The van der Waals surface area contributed by atoms with E-state index in [1.165, 1.54) is 0 Å². The maximum atomic E-state index is 11.7. The van der Waals surface area contributed by atoms with Crippen LogP contribution in [0.3, 0.4) is 0 Å². The molecule has 5 nitrogen and oxygen atoms in total. The topological polar surface area (TPSA) is 66.5 Å². The lowest BCUT2D eigenvalue weighted by atomic mass is 10.1. The van der Waals surface area contributed by atoms with Crippen LogP contribution in [0.15, 0.2) is 30.3 Å². The van der Waals surface area contributed by atoms with Crippen molar-refractivity contribution in [3.8, 4) is 0 Å². The van der Waals surface area contributed by atoms with Gasteiger partial charge in [0.15, 0.2) is 0 Å². The fourth-order valence-electron chi connectivity index (χ4n) is 1.52. The highest BCUT2D eigenvalue weighted by molar-refractivity contribution is 6.15. The quantitative estimate of drug-likeness (QED) is 0.726. The van der Waals surface area contributed by atoms with E-state index >= 15 is 0 Å². The zero-order valence-electron chi connectivity index (χ0n) is 8.47. The van der Waals surface area contributed by atoms with Gasteiger partial charge in [-0.15, -0.1) is 0 Å². The molecular weight excluding hydrogens is 208 g/mol. The Hall–Kier alpha value is -2.17. The van der Waals surface area contributed by atoms with Crippen molar-refractivity contribution < 1.29 is 14.4 Å². The van der Waals surface area contributed by atoms with Gasteiger partial charge in [-0.1, -0.05) is 30.3 Å². The van der Waals surface area contributed by atoms with Crippen molar-refractivity contribution >= 4 is 17.8 Å². The van der Waals surface area contributed by atoms with Crippen molar-refractivity contribution in [2.45, 2.75) is 6.42 Å². The Labute approximate surface area is 92.0 Å². The Morgan fingerprint density at radius 2 is 1.94 bits per heavy atom. The Morgan fingerprint density at radius 1 is 1.25 bits per heavy atom. The molecule has 1 saturated heterocycles. The Balaban J connectivity index is 2.09. The molecule has 0 aromatic heterocycles. The molecule has 1 N–H and O–H groups in total. The van der Waals surface area contributed by atoms with Crippen molar-refractivity contribution in [1.29, 1.82) is 0 Å². The number of imide groups is 3. The van der Waals surface area contributed by atoms with Crippen LogP contribution in [-0.4, -0.2) is 29.3 Å². The molecule has 0 spiro atoms. The molecule has 0 unspecified atom stereocenters. The van der Waals surface area contributed by atoms with Crippen LogP contribution < -0.4 is 5.32 Å². The van der Waals surface area contributed by atoms with Gasteiger partial charge in [0.1, 0.15) is 0 Å². The number of amides is 4. The van der Waals surface area contributed by atoms with Crippen LogP contribution in [0.2, 0.25) is 0 Å². The maximum Gasteiger partial charge on any atom is 0.331 e. The zero-order chi connectivity index (χ0) is 11.5. The summed E-state index contributed by atoms with van der Waals surface area (Å²) in [6.07, 6.45) is 0.0556. The first-order valence-electron chi connectivity index (χ1n) is 4.86. The van der Waals surface area contributed by atoms with Gasteiger partial charge in [0.25, 0.3) is 5.91 Å². The molecule has 0 aliphatic carbocycles. The van der Waals surface area contributed by atoms with Gasteiger partial charge in [-0.3, -0.25) is 9.59 Å². The normalized spacial score (nSPS) is 15.1. The van der Waals surface area contributed by atoms with E-state index in [1.807, 2.05) is 6.07 Å². The van der Waals surface area contributed by atoms with Crippen molar-refractivity contribution in [2.24, 2.45) is 0 Å². The van der Waals surface area contributed by atoms with Crippen molar-refractivity contribution in [3.05, 3.63) is 35.9 Å². The third-order valence-electron chi connectivity index (χ3n) is 2.29. The summed E-state index contributed by atoms with van der Waals surface area (Å²) in [5.41, 5.74) is 0.778. The van der Waals surface area contributed by atoms with Gasteiger partial charge in [0, 0.05) is 0 Å². The lowest BCUT2D eigenvalue weighted by Crippen LogP contribution is -2.37. The first kappa shape index (κ1) is 10.4. The molecule has 0 radical (unpaired) electrons. The number of benzene rings is 1.